The van der Waals surface area contributed by atoms with Gasteiger partial charge in [0.2, 0.25) is 15.8 Å². The minimum Gasteiger partial charge on any atom is -0.360 e. The lowest BCUT2D eigenvalue weighted by Crippen LogP contribution is -2.42. The third kappa shape index (κ3) is 6.29. The smallest absolute Gasteiger partial charge is 0.208 e. The molecule has 0 spiro atoms. The van der Waals surface area contributed by atoms with Crippen LogP contribution >= 0.6 is 11.6 Å². The summed E-state index contributed by atoms with van der Waals surface area (Å²) in [6, 6.07) is 0. The van der Waals surface area contributed by atoms with Crippen LogP contribution < -0.4 is 10.0 Å². The average Bonchev–Trinajstić information content (AvgIpc) is 2.71. The molecule has 0 aliphatic rings. The zero-order chi connectivity index (χ0) is 17.2. The summed E-state index contributed by atoms with van der Waals surface area (Å²) >= 11 is 5.62. The van der Waals surface area contributed by atoms with Gasteiger partial charge in [-0.2, -0.15) is 0 Å². The zero-order valence-corrected chi connectivity index (χ0v) is 14.9. The van der Waals surface area contributed by atoms with Gasteiger partial charge in [0.05, 0.1) is 6.26 Å². The molecule has 0 bridgehead atoms. The lowest BCUT2D eigenvalue weighted by Gasteiger charge is -2.35. The van der Waals surface area contributed by atoms with Crippen molar-refractivity contribution in [3.05, 3.63) is 5.69 Å². The first-order chi connectivity index (χ1) is 9.81. The first-order valence-electron chi connectivity index (χ1n) is 6.61. The highest BCUT2D eigenvalue weighted by Crippen LogP contribution is 2.30. The summed E-state index contributed by atoms with van der Waals surface area (Å²) in [5.41, 5.74) is -0.602. The van der Waals surface area contributed by atoms with Gasteiger partial charge in [-0.1, -0.05) is 25.4 Å². The minimum atomic E-state index is -3.23. The molecule has 22 heavy (non-hydrogen) atoms. The SMILES string of the molecule is CC(C)(CNS(C)(=O)=O)CC(C)(C)Nc1nonc1C(=N)Cl. The van der Waals surface area contributed by atoms with Crippen molar-refractivity contribution in [1.29, 1.82) is 5.41 Å². The van der Waals surface area contributed by atoms with Gasteiger partial charge in [-0.3, -0.25) is 5.41 Å². The van der Waals surface area contributed by atoms with E-state index < -0.39 is 15.6 Å². The number of rotatable bonds is 8. The number of sulfonamides is 1. The van der Waals surface area contributed by atoms with Crippen molar-refractivity contribution in [3.8, 4) is 0 Å². The number of hydrogen-bond acceptors (Lipinski definition) is 7. The van der Waals surface area contributed by atoms with E-state index in [9.17, 15) is 8.42 Å². The highest BCUT2D eigenvalue weighted by atomic mass is 35.5. The maximum absolute atomic E-state index is 11.2. The van der Waals surface area contributed by atoms with E-state index in [4.69, 9.17) is 17.0 Å². The van der Waals surface area contributed by atoms with Gasteiger partial charge in [0.15, 0.2) is 10.9 Å². The normalized spacial score (nSPS) is 13.2. The van der Waals surface area contributed by atoms with Crippen LogP contribution in [0.2, 0.25) is 0 Å². The summed E-state index contributed by atoms with van der Waals surface area (Å²) < 4.78 is 29.6. The number of anilines is 1. The Hall–Kier alpha value is -1.19. The van der Waals surface area contributed by atoms with Crippen molar-refractivity contribution in [3.63, 3.8) is 0 Å². The molecule has 1 heterocycles. The van der Waals surface area contributed by atoms with Gasteiger partial charge in [-0.15, -0.1) is 0 Å². The third-order valence-electron chi connectivity index (χ3n) is 2.89. The molecule has 3 N–H and O–H groups in total. The van der Waals surface area contributed by atoms with E-state index >= 15 is 0 Å². The van der Waals surface area contributed by atoms with Crippen molar-refractivity contribution in [2.24, 2.45) is 5.41 Å². The fourth-order valence-corrected chi connectivity index (χ4v) is 3.14. The number of hydrogen-bond donors (Lipinski definition) is 3. The van der Waals surface area contributed by atoms with Crippen molar-refractivity contribution in [2.45, 2.75) is 39.7 Å². The molecule has 0 fully saturated rings. The van der Waals surface area contributed by atoms with Crippen molar-refractivity contribution >= 4 is 32.6 Å². The second kappa shape index (κ2) is 6.51. The van der Waals surface area contributed by atoms with Gasteiger partial charge in [0.1, 0.15) is 0 Å². The highest BCUT2D eigenvalue weighted by Gasteiger charge is 2.31. The topological polar surface area (TPSA) is 121 Å². The highest BCUT2D eigenvalue weighted by molar-refractivity contribution is 7.88. The zero-order valence-electron chi connectivity index (χ0n) is 13.3. The van der Waals surface area contributed by atoms with Gasteiger partial charge >= 0.3 is 0 Å². The third-order valence-corrected chi connectivity index (χ3v) is 3.73. The van der Waals surface area contributed by atoms with Crippen LogP contribution in [0.1, 0.15) is 39.8 Å². The van der Waals surface area contributed by atoms with Gasteiger partial charge in [0.25, 0.3) is 0 Å². The Bertz CT molecular complexity index is 639. The quantitative estimate of drug-likeness (QED) is 0.614. The Morgan fingerprint density at radius 2 is 1.91 bits per heavy atom. The molecule has 0 atom stereocenters. The Morgan fingerprint density at radius 3 is 2.41 bits per heavy atom. The molecule has 0 aliphatic heterocycles. The molecule has 1 aromatic heterocycles. The number of aromatic nitrogens is 2. The van der Waals surface area contributed by atoms with Gasteiger partial charge < -0.3 is 5.32 Å². The van der Waals surface area contributed by atoms with Crippen LogP contribution in [-0.4, -0.2) is 42.2 Å². The second-order valence-electron chi connectivity index (χ2n) is 6.72. The molecule has 0 saturated heterocycles. The summed E-state index contributed by atoms with van der Waals surface area (Å²) in [4.78, 5) is 0. The van der Waals surface area contributed by atoms with Gasteiger partial charge in [0, 0.05) is 12.1 Å². The summed E-state index contributed by atoms with van der Waals surface area (Å²) in [5.74, 6) is 0.289. The van der Waals surface area contributed by atoms with Crippen LogP contribution in [0.15, 0.2) is 4.63 Å². The van der Waals surface area contributed by atoms with Crippen LogP contribution in [-0.2, 0) is 10.0 Å². The van der Waals surface area contributed by atoms with Crippen molar-refractivity contribution < 1.29 is 13.0 Å². The average molecular weight is 352 g/mol. The molecule has 0 amide bonds. The fraction of sp³-hybridized carbons (Fsp3) is 0.750. The number of halogens is 1. The fourth-order valence-electron chi connectivity index (χ4n) is 2.36. The van der Waals surface area contributed by atoms with Gasteiger partial charge in [-0.05, 0) is 36.0 Å². The molecule has 1 rings (SSSR count). The van der Waals surface area contributed by atoms with Gasteiger partial charge in [-0.25, -0.2) is 17.8 Å². The van der Waals surface area contributed by atoms with Crippen LogP contribution in [0.3, 0.4) is 0 Å². The maximum Gasteiger partial charge on any atom is 0.208 e. The van der Waals surface area contributed by atoms with Crippen LogP contribution in [0, 0.1) is 10.8 Å². The summed E-state index contributed by atoms with van der Waals surface area (Å²) in [5, 5.41) is 17.5. The summed E-state index contributed by atoms with van der Waals surface area (Å²) in [6.45, 7) is 8.10. The first kappa shape index (κ1) is 18.9. The van der Waals surface area contributed by atoms with Crippen molar-refractivity contribution in [1.82, 2.24) is 15.0 Å². The van der Waals surface area contributed by atoms with Crippen LogP contribution in [0.5, 0.6) is 0 Å². The molecule has 0 radical (unpaired) electrons. The Balaban J connectivity index is 2.77. The van der Waals surface area contributed by atoms with E-state index in [1.807, 2.05) is 27.7 Å². The molecule has 10 heteroatoms. The first-order valence-corrected chi connectivity index (χ1v) is 8.88. The largest absolute Gasteiger partial charge is 0.360 e. The predicted octanol–water partition coefficient (Wildman–Crippen LogP) is 1.79. The molecule has 0 aromatic carbocycles. The molecule has 0 unspecified atom stereocenters. The minimum absolute atomic E-state index is 0.141. The predicted molar refractivity (Wildman–Crippen MR) is 85.9 cm³/mol. The maximum atomic E-state index is 11.2. The molecule has 1 aromatic rings. The molecule has 126 valence electrons. The van der Waals surface area contributed by atoms with E-state index in [0.29, 0.717) is 13.0 Å². The number of nitrogens with one attached hydrogen (secondary N) is 3. The van der Waals surface area contributed by atoms with E-state index in [0.717, 1.165) is 6.26 Å². The van der Waals surface area contributed by atoms with E-state index in [1.165, 1.54) is 0 Å². The molecule has 8 nitrogen and oxygen atoms in total. The van der Waals surface area contributed by atoms with Crippen LogP contribution in [0.4, 0.5) is 5.82 Å². The van der Waals surface area contributed by atoms with Crippen LogP contribution in [0.25, 0.3) is 0 Å². The van der Waals surface area contributed by atoms with Crippen molar-refractivity contribution in [2.75, 3.05) is 18.1 Å². The molecule has 0 aliphatic carbocycles. The van der Waals surface area contributed by atoms with E-state index in [2.05, 4.69) is 25.0 Å². The Labute approximate surface area is 135 Å². The summed E-state index contributed by atoms with van der Waals surface area (Å²) in [6.07, 6.45) is 1.76. The Morgan fingerprint density at radius 1 is 1.32 bits per heavy atom. The monoisotopic (exact) mass is 351 g/mol. The lowest BCUT2D eigenvalue weighted by molar-refractivity contribution is 0.271. The lowest BCUT2D eigenvalue weighted by atomic mass is 9.80. The molecular formula is C12H22ClN5O3S. The standard InChI is InChI=1S/C12H22ClN5O3S/c1-11(2,7-15-22(5,19)20)6-12(3,4)16-10-8(9(13)14)17-21-18-10/h14-15H,6-7H2,1-5H3,(H,16,18). The second-order valence-corrected chi connectivity index (χ2v) is 8.93. The van der Waals surface area contributed by atoms with E-state index in [1.54, 1.807) is 0 Å². The van der Waals surface area contributed by atoms with E-state index in [-0.39, 0.29) is 22.1 Å². The summed E-state index contributed by atoms with van der Waals surface area (Å²) in [7, 11) is -3.23. The molecular weight excluding hydrogens is 330 g/mol. The number of nitrogens with zero attached hydrogens (tertiary/aromatic N) is 2. The Kier molecular flexibility index (Phi) is 5.58. The molecule has 0 saturated carbocycles.